The molecule has 0 bridgehead atoms. The zero-order chi connectivity index (χ0) is 17.1. The van der Waals surface area contributed by atoms with Crippen molar-refractivity contribution in [1.29, 1.82) is 0 Å². The largest absolute Gasteiger partial charge is 0.464 e. The third-order valence-corrected chi connectivity index (χ3v) is 3.90. The second-order valence-electron chi connectivity index (χ2n) is 5.62. The van der Waals surface area contributed by atoms with Crippen LogP contribution >= 0.6 is 0 Å². The van der Waals surface area contributed by atoms with Crippen LogP contribution in [0.5, 0.6) is 0 Å². The van der Waals surface area contributed by atoms with Crippen molar-refractivity contribution in [2.75, 3.05) is 6.54 Å². The van der Waals surface area contributed by atoms with Gasteiger partial charge in [0.2, 0.25) is 0 Å². The number of esters is 1. The van der Waals surface area contributed by atoms with E-state index in [-0.39, 0.29) is 12.3 Å². The number of carbonyl (C=O) groups excluding carboxylic acids is 2. The maximum atomic E-state index is 12.2. The first-order valence-corrected chi connectivity index (χ1v) is 7.95. The van der Waals surface area contributed by atoms with Crippen LogP contribution in [-0.4, -0.2) is 24.5 Å². The molecule has 0 saturated heterocycles. The van der Waals surface area contributed by atoms with Gasteiger partial charge in [-0.1, -0.05) is 30.3 Å². The molecule has 0 unspecified atom stereocenters. The van der Waals surface area contributed by atoms with Crippen LogP contribution in [-0.2, 0) is 20.7 Å². The number of ether oxygens (including phenoxy) is 1. The van der Waals surface area contributed by atoms with Crippen LogP contribution in [0.3, 0.4) is 0 Å². The SMILES string of the molecule is CCNC(=O)[C@H](C)OC(=O)Cc1coc2ccc3ccccc3c12. The quantitative estimate of drug-likeness (QED) is 0.732. The molecule has 0 aliphatic rings. The molecular weight excluding hydrogens is 306 g/mol. The van der Waals surface area contributed by atoms with E-state index in [9.17, 15) is 9.59 Å². The van der Waals surface area contributed by atoms with Crippen molar-refractivity contribution in [1.82, 2.24) is 5.32 Å². The predicted molar refractivity (Wildman–Crippen MR) is 91.7 cm³/mol. The zero-order valence-corrected chi connectivity index (χ0v) is 13.7. The lowest BCUT2D eigenvalue weighted by Crippen LogP contribution is -2.35. The van der Waals surface area contributed by atoms with Gasteiger partial charge in [-0.15, -0.1) is 0 Å². The van der Waals surface area contributed by atoms with Gasteiger partial charge in [0, 0.05) is 17.5 Å². The monoisotopic (exact) mass is 325 g/mol. The Balaban J connectivity index is 1.84. The van der Waals surface area contributed by atoms with E-state index >= 15 is 0 Å². The Hall–Kier alpha value is -2.82. The summed E-state index contributed by atoms with van der Waals surface area (Å²) in [6.45, 7) is 3.88. The molecule has 0 spiro atoms. The third-order valence-electron chi connectivity index (χ3n) is 3.90. The van der Waals surface area contributed by atoms with Gasteiger partial charge in [0.05, 0.1) is 12.7 Å². The number of likely N-dealkylation sites (N-methyl/N-ethyl adjacent to an activating group) is 1. The van der Waals surface area contributed by atoms with Crippen molar-refractivity contribution in [2.45, 2.75) is 26.4 Å². The smallest absolute Gasteiger partial charge is 0.311 e. The van der Waals surface area contributed by atoms with Gasteiger partial charge in [0.1, 0.15) is 5.58 Å². The van der Waals surface area contributed by atoms with Gasteiger partial charge in [-0.2, -0.15) is 0 Å². The summed E-state index contributed by atoms with van der Waals surface area (Å²) in [5, 5.41) is 5.65. The van der Waals surface area contributed by atoms with E-state index in [1.807, 2.05) is 43.3 Å². The van der Waals surface area contributed by atoms with Gasteiger partial charge in [0.25, 0.3) is 5.91 Å². The standard InChI is InChI=1S/C19H19NO4/c1-3-20-19(22)12(2)24-17(21)10-14-11-23-16-9-8-13-6-4-5-7-15(13)18(14)16/h4-9,11-12H,3,10H2,1-2H3,(H,20,22)/t12-/m0/s1. The molecule has 0 aliphatic carbocycles. The molecule has 3 aromatic rings. The summed E-state index contributed by atoms with van der Waals surface area (Å²) in [4.78, 5) is 23.8. The summed E-state index contributed by atoms with van der Waals surface area (Å²) in [5.74, 6) is -0.752. The van der Waals surface area contributed by atoms with Gasteiger partial charge in [-0.3, -0.25) is 9.59 Å². The summed E-state index contributed by atoms with van der Waals surface area (Å²) in [7, 11) is 0. The van der Waals surface area contributed by atoms with Crippen LogP contribution in [0.1, 0.15) is 19.4 Å². The van der Waals surface area contributed by atoms with Crippen LogP contribution < -0.4 is 5.32 Å². The highest BCUT2D eigenvalue weighted by Crippen LogP contribution is 2.30. The second kappa shape index (κ2) is 6.74. The van der Waals surface area contributed by atoms with Crippen molar-refractivity contribution in [3.8, 4) is 0 Å². The lowest BCUT2D eigenvalue weighted by atomic mass is 10.0. The number of carbonyl (C=O) groups is 2. The topological polar surface area (TPSA) is 68.5 Å². The second-order valence-corrected chi connectivity index (χ2v) is 5.62. The summed E-state index contributed by atoms with van der Waals surface area (Å²) < 4.78 is 10.8. The van der Waals surface area contributed by atoms with Crippen molar-refractivity contribution in [2.24, 2.45) is 0 Å². The lowest BCUT2D eigenvalue weighted by Gasteiger charge is -2.12. The first-order valence-electron chi connectivity index (χ1n) is 7.95. The van der Waals surface area contributed by atoms with E-state index in [1.54, 1.807) is 13.2 Å². The molecule has 24 heavy (non-hydrogen) atoms. The van der Waals surface area contributed by atoms with E-state index in [4.69, 9.17) is 9.15 Å². The first kappa shape index (κ1) is 16.1. The molecular formula is C19H19NO4. The number of benzene rings is 2. The van der Waals surface area contributed by atoms with E-state index in [1.165, 1.54) is 0 Å². The molecule has 1 atom stereocenters. The molecule has 3 rings (SSSR count). The normalized spacial score (nSPS) is 12.2. The summed E-state index contributed by atoms with van der Waals surface area (Å²) in [6, 6.07) is 11.8. The van der Waals surface area contributed by atoms with E-state index in [0.29, 0.717) is 6.54 Å². The van der Waals surface area contributed by atoms with Crippen LogP contribution in [0, 0.1) is 0 Å². The molecule has 1 N–H and O–H groups in total. The fourth-order valence-corrected chi connectivity index (χ4v) is 2.77. The minimum Gasteiger partial charge on any atom is -0.464 e. The Labute approximate surface area is 139 Å². The summed E-state index contributed by atoms with van der Waals surface area (Å²) in [6.07, 6.45) is 0.826. The van der Waals surface area contributed by atoms with Crippen molar-refractivity contribution in [3.63, 3.8) is 0 Å². The molecule has 0 fully saturated rings. The van der Waals surface area contributed by atoms with Gasteiger partial charge >= 0.3 is 5.97 Å². The van der Waals surface area contributed by atoms with E-state index in [0.717, 1.165) is 27.3 Å². The minimum absolute atomic E-state index is 0.0603. The predicted octanol–water partition coefficient (Wildman–Crippen LogP) is 3.20. The molecule has 5 heteroatoms. The summed E-state index contributed by atoms with van der Waals surface area (Å²) >= 11 is 0. The van der Waals surface area contributed by atoms with Crippen LogP contribution in [0.25, 0.3) is 21.7 Å². The van der Waals surface area contributed by atoms with Gasteiger partial charge < -0.3 is 14.5 Å². The number of nitrogens with one attached hydrogen (secondary N) is 1. The molecule has 1 amide bonds. The molecule has 0 saturated carbocycles. The average Bonchev–Trinajstić information content (AvgIpc) is 2.98. The highest BCUT2D eigenvalue weighted by molar-refractivity contribution is 6.08. The lowest BCUT2D eigenvalue weighted by molar-refractivity contribution is -0.154. The zero-order valence-electron chi connectivity index (χ0n) is 13.7. The van der Waals surface area contributed by atoms with Crippen LogP contribution in [0.4, 0.5) is 0 Å². The maximum absolute atomic E-state index is 12.2. The molecule has 5 nitrogen and oxygen atoms in total. The molecule has 124 valence electrons. The van der Waals surface area contributed by atoms with Crippen molar-refractivity contribution in [3.05, 3.63) is 48.2 Å². The van der Waals surface area contributed by atoms with E-state index < -0.39 is 12.1 Å². The van der Waals surface area contributed by atoms with Crippen molar-refractivity contribution >= 4 is 33.6 Å². The minimum atomic E-state index is -0.813. The summed E-state index contributed by atoms with van der Waals surface area (Å²) in [5.41, 5.74) is 1.49. The Bertz CT molecular complexity index is 897. The number of amides is 1. The highest BCUT2D eigenvalue weighted by atomic mass is 16.5. The Morgan fingerprint density at radius 1 is 1.21 bits per heavy atom. The Kier molecular flexibility index (Phi) is 4.51. The fourth-order valence-electron chi connectivity index (χ4n) is 2.77. The maximum Gasteiger partial charge on any atom is 0.311 e. The van der Waals surface area contributed by atoms with E-state index in [2.05, 4.69) is 5.32 Å². The fraction of sp³-hybridized carbons (Fsp3) is 0.263. The van der Waals surface area contributed by atoms with Crippen LogP contribution in [0.2, 0.25) is 0 Å². The van der Waals surface area contributed by atoms with Gasteiger partial charge in [-0.25, -0.2) is 0 Å². The number of hydrogen-bond donors (Lipinski definition) is 1. The van der Waals surface area contributed by atoms with Gasteiger partial charge in [0.15, 0.2) is 6.10 Å². The molecule has 2 aromatic carbocycles. The molecule has 1 heterocycles. The third kappa shape index (κ3) is 3.11. The first-order chi connectivity index (χ1) is 11.6. The number of fused-ring (bicyclic) bond motifs is 3. The number of rotatable bonds is 5. The Morgan fingerprint density at radius 2 is 2.00 bits per heavy atom. The van der Waals surface area contributed by atoms with Gasteiger partial charge in [-0.05, 0) is 30.7 Å². The number of hydrogen-bond acceptors (Lipinski definition) is 4. The highest BCUT2D eigenvalue weighted by Gasteiger charge is 2.19. The Morgan fingerprint density at radius 3 is 2.79 bits per heavy atom. The molecule has 1 aromatic heterocycles. The number of furan rings is 1. The van der Waals surface area contributed by atoms with Crippen molar-refractivity contribution < 1.29 is 18.7 Å². The van der Waals surface area contributed by atoms with Crippen LogP contribution in [0.15, 0.2) is 47.1 Å². The molecule has 0 aliphatic heterocycles. The molecule has 0 radical (unpaired) electrons. The average molecular weight is 325 g/mol.